The van der Waals surface area contributed by atoms with Crippen molar-refractivity contribution in [3.8, 4) is 5.75 Å². The predicted molar refractivity (Wildman–Crippen MR) is 84.2 cm³/mol. The number of hydrogen-bond acceptors (Lipinski definition) is 6. The third kappa shape index (κ3) is 1.65. The number of rotatable bonds is 0. The molecule has 0 amide bonds. The number of ether oxygens (including phenoxy) is 1. The first-order valence-corrected chi connectivity index (χ1v) is 7.88. The fraction of sp³-hybridized carbons (Fsp3) is 0.467. The maximum atomic E-state index is 6.11. The van der Waals surface area contributed by atoms with E-state index < -0.39 is 0 Å². The molecule has 7 heteroatoms. The van der Waals surface area contributed by atoms with Crippen LogP contribution < -0.4 is 16.2 Å². The van der Waals surface area contributed by atoms with Gasteiger partial charge in [0, 0.05) is 29.7 Å². The van der Waals surface area contributed by atoms with Gasteiger partial charge in [-0.1, -0.05) is 11.6 Å². The minimum atomic E-state index is -0.213. The molecule has 6 nitrogen and oxygen atoms in total. The summed E-state index contributed by atoms with van der Waals surface area (Å²) in [6.07, 6.45) is -0.213. The zero-order valence-electron chi connectivity index (χ0n) is 11.8. The second kappa shape index (κ2) is 4.14. The second-order valence-electron chi connectivity index (χ2n) is 6.43. The Morgan fingerprint density at radius 1 is 1.27 bits per heavy atom. The molecule has 1 saturated carbocycles. The maximum absolute atomic E-state index is 6.11. The topological polar surface area (TPSA) is 89.2 Å². The van der Waals surface area contributed by atoms with Crippen LogP contribution >= 0.6 is 11.6 Å². The fourth-order valence-electron chi connectivity index (χ4n) is 3.92. The standard InChI is InChI=1S/C15H16ClN5O/c16-6-1-2-10-7(3-6)12-13(22-10)14(20-15(18)19-12)21-4-8-9(5-21)11(8)17/h1-3,8-9,11-13H,4-5,17H2,(H2,18,19). The van der Waals surface area contributed by atoms with E-state index in [-0.39, 0.29) is 12.1 Å². The van der Waals surface area contributed by atoms with Crippen molar-refractivity contribution in [2.24, 2.45) is 33.3 Å². The maximum Gasteiger partial charge on any atom is 0.217 e. The van der Waals surface area contributed by atoms with Gasteiger partial charge in [-0.2, -0.15) is 4.99 Å². The van der Waals surface area contributed by atoms with E-state index in [9.17, 15) is 0 Å². The number of halogens is 1. The monoisotopic (exact) mass is 317 g/mol. The molecule has 4 N–H and O–H groups in total. The molecule has 0 spiro atoms. The minimum Gasteiger partial charge on any atom is -0.479 e. The van der Waals surface area contributed by atoms with Crippen LogP contribution in [0.25, 0.3) is 0 Å². The van der Waals surface area contributed by atoms with Crippen molar-refractivity contribution in [1.82, 2.24) is 4.90 Å². The van der Waals surface area contributed by atoms with Crippen LogP contribution in [-0.4, -0.2) is 41.9 Å². The molecule has 1 aromatic rings. The van der Waals surface area contributed by atoms with Crippen molar-refractivity contribution in [1.29, 1.82) is 0 Å². The summed E-state index contributed by atoms with van der Waals surface area (Å²) in [7, 11) is 0. The Balaban J connectivity index is 1.50. The molecule has 4 unspecified atom stereocenters. The quantitative estimate of drug-likeness (QED) is 0.739. The van der Waals surface area contributed by atoms with Crippen LogP contribution in [0.3, 0.4) is 0 Å². The molecule has 1 aromatic carbocycles. The molecular weight excluding hydrogens is 302 g/mol. The SMILES string of the molecule is NC1=NC2c3cc(Cl)ccc3OC2C(N2CC3C(N)C3C2)=N1. The van der Waals surface area contributed by atoms with Gasteiger partial charge in [-0.15, -0.1) is 0 Å². The van der Waals surface area contributed by atoms with Gasteiger partial charge in [0.15, 0.2) is 11.9 Å². The van der Waals surface area contributed by atoms with Crippen LogP contribution in [0.15, 0.2) is 28.2 Å². The summed E-state index contributed by atoms with van der Waals surface area (Å²) in [6, 6.07) is 5.80. The van der Waals surface area contributed by atoms with Crippen LogP contribution in [0.4, 0.5) is 0 Å². The molecule has 0 bridgehead atoms. The predicted octanol–water partition coefficient (Wildman–Crippen LogP) is 0.758. The Bertz CT molecular complexity index is 721. The van der Waals surface area contributed by atoms with Gasteiger partial charge in [-0.25, -0.2) is 4.99 Å². The van der Waals surface area contributed by atoms with Gasteiger partial charge >= 0.3 is 0 Å². The Hall–Kier alpha value is -1.79. The number of benzene rings is 1. The van der Waals surface area contributed by atoms with Crippen molar-refractivity contribution in [3.63, 3.8) is 0 Å². The van der Waals surface area contributed by atoms with Crippen molar-refractivity contribution >= 4 is 23.4 Å². The zero-order chi connectivity index (χ0) is 15.0. The Morgan fingerprint density at radius 2 is 2.05 bits per heavy atom. The molecule has 22 heavy (non-hydrogen) atoms. The molecule has 114 valence electrons. The van der Waals surface area contributed by atoms with E-state index >= 15 is 0 Å². The highest BCUT2D eigenvalue weighted by atomic mass is 35.5. The van der Waals surface area contributed by atoms with Crippen LogP contribution in [0.2, 0.25) is 5.02 Å². The molecule has 0 radical (unpaired) electrons. The van der Waals surface area contributed by atoms with Gasteiger partial charge in [0.25, 0.3) is 0 Å². The molecule has 1 saturated heterocycles. The number of nitrogens with two attached hydrogens (primary N) is 2. The number of piperidine rings is 1. The Labute approximate surface area is 132 Å². The third-order valence-corrected chi connectivity index (χ3v) is 5.41. The molecule has 3 heterocycles. The summed E-state index contributed by atoms with van der Waals surface area (Å²) in [5.41, 5.74) is 12.9. The molecule has 4 aliphatic rings. The fourth-order valence-corrected chi connectivity index (χ4v) is 4.10. The van der Waals surface area contributed by atoms with Crippen molar-refractivity contribution in [2.75, 3.05) is 13.1 Å². The Kier molecular flexibility index (Phi) is 2.40. The summed E-state index contributed by atoms with van der Waals surface area (Å²) in [5, 5.41) is 0.675. The number of aliphatic imine (C=N–C) groups is 2. The van der Waals surface area contributed by atoms with Crippen molar-refractivity contribution in [2.45, 2.75) is 18.2 Å². The number of guanidine groups is 1. The summed E-state index contributed by atoms with van der Waals surface area (Å²) in [4.78, 5) is 11.2. The average Bonchev–Trinajstić information content (AvgIpc) is 2.90. The first kappa shape index (κ1) is 12.7. The van der Waals surface area contributed by atoms with Gasteiger partial charge in [0.1, 0.15) is 11.8 Å². The second-order valence-corrected chi connectivity index (χ2v) is 6.87. The molecular formula is C15H16ClN5O. The number of amidine groups is 1. The molecule has 0 aromatic heterocycles. The lowest BCUT2D eigenvalue weighted by Gasteiger charge is -2.30. The van der Waals surface area contributed by atoms with Crippen LogP contribution in [-0.2, 0) is 0 Å². The van der Waals surface area contributed by atoms with E-state index in [0.717, 1.165) is 30.2 Å². The number of hydrogen-bond donors (Lipinski definition) is 2. The van der Waals surface area contributed by atoms with Crippen LogP contribution in [0.5, 0.6) is 5.75 Å². The molecule has 5 rings (SSSR count). The number of nitrogens with zero attached hydrogens (tertiary/aromatic N) is 3. The van der Waals surface area contributed by atoms with E-state index in [1.54, 1.807) is 0 Å². The van der Waals surface area contributed by atoms with Gasteiger partial charge in [-0.05, 0) is 30.0 Å². The summed E-state index contributed by atoms with van der Waals surface area (Å²) in [6.45, 7) is 1.86. The lowest BCUT2D eigenvalue weighted by molar-refractivity contribution is 0.249. The summed E-state index contributed by atoms with van der Waals surface area (Å²) >= 11 is 6.11. The molecule has 1 aliphatic carbocycles. The van der Waals surface area contributed by atoms with Gasteiger partial charge in [-0.3, -0.25) is 0 Å². The number of fused-ring (bicyclic) bond motifs is 4. The van der Waals surface area contributed by atoms with E-state index in [1.807, 2.05) is 18.2 Å². The smallest absolute Gasteiger partial charge is 0.217 e. The highest BCUT2D eigenvalue weighted by molar-refractivity contribution is 6.30. The molecule has 4 atom stereocenters. The summed E-state index contributed by atoms with van der Waals surface area (Å²) < 4.78 is 6.09. The van der Waals surface area contributed by atoms with Gasteiger partial charge in [0.05, 0.1) is 0 Å². The average molecular weight is 318 g/mol. The highest BCUT2D eigenvalue weighted by Crippen LogP contribution is 2.47. The largest absolute Gasteiger partial charge is 0.479 e. The first-order valence-electron chi connectivity index (χ1n) is 7.50. The lowest BCUT2D eigenvalue weighted by atomic mass is 10.0. The van der Waals surface area contributed by atoms with E-state index in [2.05, 4.69) is 14.9 Å². The molecule has 3 aliphatic heterocycles. The van der Waals surface area contributed by atoms with E-state index in [1.165, 1.54) is 0 Å². The summed E-state index contributed by atoms with van der Waals surface area (Å²) in [5.74, 6) is 3.16. The lowest BCUT2D eigenvalue weighted by Crippen LogP contribution is -2.46. The van der Waals surface area contributed by atoms with Crippen molar-refractivity contribution in [3.05, 3.63) is 28.8 Å². The van der Waals surface area contributed by atoms with Crippen LogP contribution in [0.1, 0.15) is 11.6 Å². The van der Waals surface area contributed by atoms with Crippen molar-refractivity contribution < 1.29 is 4.74 Å². The Morgan fingerprint density at radius 3 is 2.82 bits per heavy atom. The normalized spacial score (nSPS) is 37.7. The zero-order valence-corrected chi connectivity index (χ0v) is 12.6. The number of likely N-dealkylation sites (tertiary alicyclic amines) is 1. The van der Waals surface area contributed by atoms with Gasteiger partial charge in [0.2, 0.25) is 5.96 Å². The third-order valence-electron chi connectivity index (χ3n) is 5.17. The van der Waals surface area contributed by atoms with E-state index in [0.29, 0.717) is 28.9 Å². The highest BCUT2D eigenvalue weighted by Gasteiger charge is 2.56. The first-order chi connectivity index (χ1) is 10.6. The van der Waals surface area contributed by atoms with Crippen LogP contribution in [0, 0.1) is 11.8 Å². The van der Waals surface area contributed by atoms with Gasteiger partial charge < -0.3 is 21.1 Å². The molecule has 2 fully saturated rings. The minimum absolute atomic E-state index is 0.160. The van der Waals surface area contributed by atoms with E-state index in [4.69, 9.17) is 27.8 Å².